The summed E-state index contributed by atoms with van der Waals surface area (Å²) in [5.74, 6) is -2.41. The topological polar surface area (TPSA) is 103 Å². The molecule has 7 nitrogen and oxygen atoms in total. The average molecular weight is 301 g/mol. The number of hydrogen-bond acceptors (Lipinski definition) is 4. The number of fused-ring (bicyclic) bond motifs is 5. The summed E-state index contributed by atoms with van der Waals surface area (Å²) in [4.78, 5) is 44.5. The summed E-state index contributed by atoms with van der Waals surface area (Å²) in [5, 5.41) is 9.48. The molecule has 1 aromatic heterocycles. The number of nitrogens with one attached hydrogen (secondary N) is 1. The van der Waals surface area contributed by atoms with E-state index in [2.05, 4.69) is 9.97 Å². The van der Waals surface area contributed by atoms with Gasteiger partial charge < -0.3 is 10.1 Å². The van der Waals surface area contributed by atoms with Gasteiger partial charge >= 0.3 is 5.97 Å². The summed E-state index contributed by atoms with van der Waals surface area (Å²) in [6.45, 7) is 0. The fourth-order valence-electron chi connectivity index (χ4n) is 4.13. The number of aromatic nitrogens is 2. The molecule has 114 valence electrons. The zero-order valence-corrected chi connectivity index (χ0v) is 11.7. The number of rotatable bonds is 4. The van der Waals surface area contributed by atoms with Gasteiger partial charge in [0.15, 0.2) is 0 Å². The Kier molecular flexibility index (Phi) is 2.72. The van der Waals surface area contributed by atoms with Gasteiger partial charge in [-0.1, -0.05) is 12.2 Å². The number of carbonyl (C=O) groups is 3. The van der Waals surface area contributed by atoms with E-state index in [0.717, 1.165) is 11.3 Å². The monoisotopic (exact) mass is 301 g/mol. The first-order valence-electron chi connectivity index (χ1n) is 7.33. The molecule has 5 atom stereocenters. The summed E-state index contributed by atoms with van der Waals surface area (Å²) in [6.07, 6.45) is 7.82. The zero-order chi connectivity index (χ0) is 15.4. The van der Waals surface area contributed by atoms with Gasteiger partial charge in [-0.05, 0) is 18.3 Å². The number of H-pyrrole nitrogens is 1. The van der Waals surface area contributed by atoms with Crippen molar-refractivity contribution in [2.75, 3.05) is 0 Å². The molecule has 2 heterocycles. The number of imide groups is 1. The first kappa shape index (κ1) is 13.2. The van der Waals surface area contributed by atoms with Gasteiger partial charge in [-0.25, -0.2) is 9.78 Å². The van der Waals surface area contributed by atoms with E-state index < -0.39 is 12.0 Å². The Labute approximate surface area is 126 Å². The van der Waals surface area contributed by atoms with E-state index in [4.69, 9.17) is 0 Å². The van der Waals surface area contributed by atoms with E-state index in [-0.39, 0.29) is 41.9 Å². The Balaban J connectivity index is 1.65. The molecule has 1 saturated carbocycles. The van der Waals surface area contributed by atoms with Gasteiger partial charge in [0.1, 0.15) is 6.04 Å². The summed E-state index contributed by atoms with van der Waals surface area (Å²) in [7, 11) is 0. The molecule has 0 unspecified atom stereocenters. The van der Waals surface area contributed by atoms with Crippen LogP contribution in [0.4, 0.5) is 0 Å². The highest BCUT2D eigenvalue weighted by Crippen LogP contribution is 2.52. The number of aliphatic carboxylic acids is 1. The minimum Gasteiger partial charge on any atom is -0.480 e. The molecule has 0 spiro atoms. The minimum absolute atomic E-state index is 0.0506. The molecule has 0 aromatic carbocycles. The second-order valence-corrected chi connectivity index (χ2v) is 6.18. The highest BCUT2D eigenvalue weighted by molar-refractivity contribution is 6.08. The van der Waals surface area contributed by atoms with Crippen LogP contribution in [-0.2, 0) is 20.8 Å². The third kappa shape index (κ3) is 1.68. The number of carboxylic acid groups (broad SMARTS) is 1. The van der Waals surface area contributed by atoms with Gasteiger partial charge in [0.2, 0.25) is 11.8 Å². The largest absolute Gasteiger partial charge is 0.480 e. The average Bonchev–Trinajstić information content (AvgIpc) is 3.23. The van der Waals surface area contributed by atoms with Crippen molar-refractivity contribution in [1.82, 2.24) is 14.9 Å². The molecular formula is C15H15N3O4. The van der Waals surface area contributed by atoms with Crippen LogP contribution in [0.3, 0.4) is 0 Å². The Morgan fingerprint density at radius 3 is 2.45 bits per heavy atom. The molecule has 2 N–H and O–H groups in total. The van der Waals surface area contributed by atoms with Crippen molar-refractivity contribution >= 4 is 17.8 Å². The van der Waals surface area contributed by atoms with Crippen molar-refractivity contribution < 1.29 is 19.5 Å². The maximum absolute atomic E-state index is 12.6. The lowest BCUT2D eigenvalue weighted by atomic mass is 9.85. The van der Waals surface area contributed by atoms with Crippen LogP contribution in [0.5, 0.6) is 0 Å². The molecule has 2 fully saturated rings. The quantitative estimate of drug-likeness (QED) is 0.611. The predicted octanol–water partition coefficient (Wildman–Crippen LogP) is 0.212. The number of carbonyl (C=O) groups excluding carboxylic acids is 2. The van der Waals surface area contributed by atoms with Crippen molar-refractivity contribution in [1.29, 1.82) is 0 Å². The molecule has 1 aliphatic heterocycles. The van der Waals surface area contributed by atoms with Crippen molar-refractivity contribution in [2.24, 2.45) is 23.7 Å². The minimum atomic E-state index is -1.18. The van der Waals surface area contributed by atoms with Crippen LogP contribution in [0.2, 0.25) is 0 Å². The van der Waals surface area contributed by atoms with Crippen LogP contribution >= 0.6 is 0 Å². The number of aromatic amines is 1. The standard InChI is InChI=1S/C15H15N3O4/c19-13-11-7-1-2-8(3-7)12(11)14(20)18(13)10(15(21)22)4-9-5-16-6-17-9/h1-2,5-8,10-12H,3-4H2,(H,16,17)(H,21,22)/t7-,8+,10-,11-,12-/m0/s1. The molecule has 0 radical (unpaired) electrons. The number of allylic oxidation sites excluding steroid dienone is 2. The van der Waals surface area contributed by atoms with Crippen LogP contribution in [-0.4, -0.2) is 43.8 Å². The Hall–Kier alpha value is -2.44. The zero-order valence-electron chi connectivity index (χ0n) is 11.7. The second-order valence-electron chi connectivity index (χ2n) is 6.18. The maximum atomic E-state index is 12.6. The molecular weight excluding hydrogens is 286 g/mol. The fourth-order valence-corrected chi connectivity index (χ4v) is 4.13. The fraction of sp³-hybridized carbons (Fsp3) is 0.467. The van der Waals surface area contributed by atoms with E-state index in [1.807, 2.05) is 12.2 Å². The highest BCUT2D eigenvalue weighted by Gasteiger charge is 2.61. The van der Waals surface area contributed by atoms with E-state index >= 15 is 0 Å². The van der Waals surface area contributed by atoms with Crippen molar-refractivity contribution in [3.8, 4) is 0 Å². The number of likely N-dealkylation sites (tertiary alicyclic amines) is 1. The molecule has 22 heavy (non-hydrogen) atoms. The molecule has 2 amide bonds. The van der Waals surface area contributed by atoms with Crippen LogP contribution in [0.15, 0.2) is 24.7 Å². The smallest absolute Gasteiger partial charge is 0.327 e. The first-order valence-corrected chi connectivity index (χ1v) is 7.33. The van der Waals surface area contributed by atoms with Crippen LogP contribution < -0.4 is 0 Å². The molecule has 7 heteroatoms. The number of carboxylic acids is 1. The number of nitrogens with zero attached hydrogens (tertiary/aromatic N) is 2. The molecule has 1 saturated heterocycles. The summed E-state index contributed by atoms with van der Waals surface area (Å²) in [6, 6.07) is -1.18. The Morgan fingerprint density at radius 1 is 1.32 bits per heavy atom. The van der Waals surface area contributed by atoms with Gasteiger partial charge in [-0.15, -0.1) is 0 Å². The van der Waals surface area contributed by atoms with E-state index in [1.54, 1.807) is 0 Å². The Morgan fingerprint density at radius 2 is 1.95 bits per heavy atom. The molecule has 1 aromatic rings. The molecule has 2 aliphatic carbocycles. The molecule has 4 rings (SSSR count). The maximum Gasteiger partial charge on any atom is 0.327 e. The SMILES string of the molecule is O=C(O)[C@H](Cc1cnc[nH]1)N1C(=O)[C@@H]2[C@@H](C1=O)[C@H]1C=C[C@@H]2C1. The van der Waals surface area contributed by atoms with Crippen molar-refractivity contribution in [3.05, 3.63) is 30.4 Å². The van der Waals surface area contributed by atoms with E-state index in [0.29, 0.717) is 5.69 Å². The number of hydrogen-bond donors (Lipinski definition) is 2. The van der Waals surface area contributed by atoms with Gasteiger partial charge in [-0.3, -0.25) is 14.5 Å². The summed E-state index contributed by atoms with van der Waals surface area (Å²) in [5.41, 5.74) is 0.589. The van der Waals surface area contributed by atoms with Crippen LogP contribution in [0.1, 0.15) is 12.1 Å². The lowest BCUT2D eigenvalue weighted by Gasteiger charge is -2.24. The van der Waals surface area contributed by atoms with Gasteiger partial charge in [-0.2, -0.15) is 0 Å². The summed E-state index contributed by atoms with van der Waals surface area (Å²) >= 11 is 0. The van der Waals surface area contributed by atoms with Crippen LogP contribution in [0.25, 0.3) is 0 Å². The molecule has 2 bridgehead atoms. The lowest BCUT2D eigenvalue weighted by molar-refractivity contribution is -0.155. The normalized spacial score (nSPS) is 33.5. The highest BCUT2D eigenvalue weighted by atomic mass is 16.4. The summed E-state index contributed by atoms with van der Waals surface area (Å²) < 4.78 is 0. The Bertz CT molecular complexity index is 651. The second kappa shape index (κ2) is 4.53. The number of amides is 2. The van der Waals surface area contributed by atoms with Gasteiger partial charge in [0, 0.05) is 18.3 Å². The van der Waals surface area contributed by atoms with Crippen LogP contribution in [0, 0.1) is 23.7 Å². The first-order chi connectivity index (χ1) is 10.6. The third-order valence-corrected chi connectivity index (χ3v) is 5.07. The van der Waals surface area contributed by atoms with Crippen molar-refractivity contribution in [2.45, 2.75) is 18.9 Å². The van der Waals surface area contributed by atoms with Gasteiger partial charge in [0.05, 0.1) is 18.2 Å². The number of imidazole rings is 1. The van der Waals surface area contributed by atoms with E-state index in [9.17, 15) is 19.5 Å². The molecule has 3 aliphatic rings. The predicted molar refractivity (Wildman–Crippen MR) is 73.3 cm³/mol. The van der Waals surface area contributed by atoms with E-state index in [1.165, 1.54) is 12.5 Å². The third-order valence-electron chi connectivity index (χ3n) is 5.07. The van der Waals surface area contributed by atoms with Gasteiger partial charge in [0.25, 0.3) is 0 Å². The van der Waals surface area contributed by atoms with Crippen molar-refractivity contribution in [3.63, 3.8) is 0 Å². The lowest BCUT2D eigenvalue weighted by Crippen LogP contribution is -2.47.